The molecule has 0 saturated heterocycles. The molecule has 5 fully saturated rings. The minimum atomic E-state index is -0.822. The quantitative estimate of drug-likeness (QED) is 0.0977. The molecule has 5 saturated carbocycles. The van der Waals surface area contributed by atoms with Crippen molar-refractivity contribution in [3.8, 4) is 0 Å². The van der Waals surface area contributed by atoms with Crippen LogP contribution in [0.5, 0.6) is 0 Å². The predicted octanol–water partition coefficient (Wildman–Crippen LogP) is 8.70. The number of hydrogen-bond donors (Lipinski definition) is 4. The van der Waals surface area contributed by atoms with Gasteiger partial charge in [0.05, 0.1) is 29.8 Å². The Labute approximate surface area is 354 Å². The van der Waals surface area contributed by atoms with E-state index in [4.69, 9.17) is 4.74 Å². The number of rotatable bonds is 11. The van der Waals surface area contributed by atoms with E-state index in [2.05, 4.69) is 69.1 Å². The zero-order valence-corrected chi connectivity index (χ0v) is 38.4. The fraction of sp³-hybridized carbons (Fsp3) is 0.816. The minimum Gasteiger partial charge on any atom is -0.481 e. The molecule has 0 spiro atoms. The van der Waals surface area contributed by atoms with Crippen LogP contribution in [0.25, 0.3) is 0 Å². The van der Waals surface area contributed by atoms with Crippen molar-refractivity contribution in [2.24, 2.45) is 68.0 Å². The summed E-state index contributed by atoms with van der Waals surface area (Å²) in [5.74, 6) is -0.425. The molecule has 1 amide bonds. The molecular formula is C49H76N4O6. The number of aliphatic carboxylic acids is 1. The van der Waals surface area contributed by atoms with Crippen molar-refractivity contribution in [2.45, 2.75) is 171 Å². The number of aliphatic hydroxyl groups excluding tert-OH is 1. The lowest BCUT2D eigenvalue weighted by Gasteiger charge is -2.72. The monoisotopic (exact) mass is 817 g/mol. The van der Waals surface area contributed by atoms with Crippen molar-refractivity contribution in [1.29, 1.82) is 0 Å². The summed E-state index contributed by atoms with van der Waals surface area (Å²) in [6.07, 6.45) is 13.4. The number of aliphatic hydroxyl groups is 1. The van der Waals surface area contributed by atoms with Crippen molar-refractivity contribution < 1.29 is 29.3 Å². The van der Waals surface area contributed by atoms with Crippen LogP contribution in [-0.4, -0.2) is 68.9 Å². The average molecular weight is 817 g/mol. The highest BCUT2D eigenvalue weighted by atomic mass is 16.5. The SMILES string of the molecule is Cc1cncc(C(=O)NC(C)(C)CNCC[C@@]23CC[C@]4(C)[C@H](CC[C@@H]5[C@@]6(C)CC[C@H](OC(=O)[C@H]7C[C@@H](C(=O)O)C7(C)C)C(C)(C)[C@@H]6CC[C@]54C)C2=C(C(C)C)C(O)C3)n1. The van der Waals surface area contributed by atoms with E-state index in [0.29, 0.717) is 42.1 Å². The van der Waals surface area contributed by atoms with Gasteiger partial charge < -0.3 is 25.6 Å². The molecule has 0 radical (unpaired) electrons. The van der Waals surface area contributed by atoms with E-state index in [1.54, 1.807) is 11.8 Å². The smallest absolute Gasteiger partial charge is 0.309 e. The number of carbonyl (C=O) groups is 3. The van der Waals surface area contributed by atoms with Gasteiger partial charge in [-0.25, -0.2) is 4.98 Å². The number of carboxylic acids is 1. The van der Waals surface area contributed by atoms with Gasteiger partial charge in [0.2, 0.25) is 0 Å². The fourth-order valence-corrected chi connectivity index (χ4v) is 15.2. The molecule has 10 heteroatoms. The molecule has 1 heterocycles. The summed E-state index contributed by atoms with van der Waals surface area (Å²) in [5, 5.41) is 28.4. The van der Waals surface area contributed by atoms with Gasteiger partial charge in [0.1, 0.15) is 11.8 Å². The third-order valence-corrected chi connectivity index (χ3v) is 18.6. The van der Waals surface area contributed by atoms with Gasteiger partial charge in [-0.15, -0.1) is 0 Å². The number of carbonyl (C=O) groups excluding carboxylic acids is 2. The van der Waals surface area contributed by atoms with Gasteiger partial charge in [-0.3, -0.25) is 19.4 Å². The number of nitrogens with zero attached hydrogens (tertiary/aromatic N) is 2. The van der Waals surface area contributed by atoms with Crippen LogP contribution in [0, 0.1) is 74.9 Å². The van der Waals surface area contributed by atoms with Crippen molar-refractivity contribution in [3.63, 3.8) is 0 Å². The number of fused-ring (bicyclic) bond motifs is 7. The Morgan fingerprint density at radius 3 is 2.25 bits per heavy atom. The fourth-order valence-electron chi connectivity index (χ4n) is 15.2. The summed E-state index contributed by atoms with van der Waals surface area (Å²) < 4.78 is 6.45. The van der Waals surface area contributed by atoms with E-state index in [1.165, 1.54) is 18.2 Å². The Morgan fingerprint density at radius 1 is 0.898 bits per heavy atom. The Bertz CT molecular complexity index is 1870. The van der Waals surface area contributed by atoms with Crippen molar-refractivity contribution in [2.75, 3.05) is 13.1 Å². The van der Waals surface area contributed by atoms with E-state index >= 15 is 0 Å². The zero-order chi connectivity index (χ0) is 43.3. The molecule has 6 aliphatic carbocycles. The molecule has 328 valence electrons. The van der Waals surface area contributed by atoms with Crippen molar-refractivity contribution in [3.05, 3.63) is 34.9 Å². The second-order valence-corrected chi connectivity index (χ2v) is 23.2. The van der Waals surface area contributed by atoms with Crippen LogP contribution in [0.1, 0.15) is 163 Å². The first-order valence-electron chi connectivity index (χ1n) is 23.0. The number of aryl methyl sites for hydroxylation is 1. The molecule has 0 aliphatic heterocycles. The first-order chi connectivity index (χ1) is 27.3. The molecule has 0 aromatic carbocycles. The lowest BCUT2D eigenvalue weighted by Crippen LogP contribution is -2.66. The molecule has 1 unspecified atom stereocenters. The largest absolute Gasteiger partial charge is 0.481 e. The molecule has 1 aromatic rings. The van der Waals surface area contributed by atoms with Crippen LogP contribution >= 0.6 is 0 Å². The zero-order valence-electron chi connectivity index (χ0n) is 38.4. The molecule has 6 aliphatic rings. The van der Waals surface area contributed by atoms with E-state index in [0.717, 1.165) is 64.3 Å². The number of ether oxygens (including phenoxy) is 1. The van der Waals surface area contributed by atoms with Crippen molar-refractivity contribution >= 4 is 17.8 Å². The molecule has 4 N–H and O–H groups in total. The van der Waals surface area contributed by atoms with Gasteiger partial charge in [-0.05, 0) is 154 Å². The summed E-state index contributed by atoms with van der Waals surface area (Å²) in [6.45, 7) is 28.2. The highest BCUT2D eigenvalue weighted by Gasteiger charge is 2.70. The van der Waals surface area contributed by atoms with Crippen LogP contribution in [0.4, 0.5) is 0 Å². The molecule has 7 rings (SSSR count). The summed E-state index contributed by atoms with van der Waals surface area (Å²) in [4.78, 5) is 47.0. The molecule has 59 heavy (non-hydrogen) atoms. The molecular weight excluding hydrogens is 741 g/mol. The maximum atomic E-state index is 13.7. The maximum Gasteiger partial charge on any atom is 0.309 e. The Balaban J connectivity index is 1.07. The third-order valence-electron chi connectivity index (χ3n) is 18.6. The predicted molar refractivity (Wildman–Crippen MR) is 229 cm³/mol. The van der Waals surface area contributed by atoms with Gasteiger partial charge in [0.15, 0.2) is 0 Å². The summed E-state index contributed by atoms with van der Waals surface area (Å²) in [5.41, 5.74) is 2.99. The van der Waals surface area contributed by atoms with Gasteiger partial charge in [-0.1, -0.05) is 67.9 Å². The van der Waals surface area contributed by atoms with Crippen LogP contribution in [0.3, 0.4) is 0 Å². The average Bonchev–Trinajstić information content (AvgIpc) is 3.43. The number of aromatic nitrogens is 2. The topological polar surface area (TPSA) is 151 Å². The van der Waals surface area contributed by atoms with Crippen molar-refractivity contribution in [1.82, 2.24) is 20.6 Å². The van der Waals surface area contributed by atoms with Gasteiger partial charge in [0, 0.05) is 23.7 Å². The third kappa shape index (κ3) is 7.00. The van der Waals surface area contributed by atoms with Crippen LogP contribution in [-0.2, 0) is 14.3 Å². The maximum absolute atomic E-state index is 13.7. The lowest BCUT2D eigenvalue weighted by atomic mass is 9.33. The number of carboxylic acid groups (broad SMARTS) is 1. The molecule has 0 bridgehead atoms. The number of hydrogen-bond acceptors (Lipinski definition) is 8. The van der Waals surface area contributed by atoms with E-state index in [9.17, 15) is 24.6 Å². The number of amides is 1. The van der Waals surface area contributed by atoms with Gasteiger partial charge in [0.25, 0.3) is 5.91 Å². The number of nitrogens with one attached hydrogen (secondary N) is 2. The molecule has 1 aromatic heterocycles. The van der Waals surface area contributed by atoms with Crippen LogP contribution in [0.2, 0.25) is 0 Å². The highest BCUT2D eigenvalue weighted by molar-refractivity contribution is 5.92. The normalized spacial score (nSPS) is 39.6. The second kappa shape index (κ2) is 14.9. The van der Waals surface area contributed by atoms with E-state index < -0.39 is 28.9 Å². The minimum absolute atomic E-state index is 0.0333. The Kier molecular flexibility index (Phi) is 11.2. The Hall–Kier alpha value is -2.85. The number of esters is 1. The van der Waals surface area contributed by atoms with E-state index in [-0.39, 0.29) is 56.9 Å². The lowest BCUT2D eigenvalue weighted by molar-refractivity contribution is -0.236. The molecule has 11 atom stereocenters. The molecule has 10 nitrogen and oxygen atoms in total. The first kappa shape index (κ1) is 44.2. The van der Waals surface area contributed by atoms with Gasteiger partial charge in [-0.2, -0.15) is 0 Å². The summed E-state index contributed by atoms with van der Waals surface area (Å²) in [7, 11) is 0. The van der Waals surface area contributed by atoms with Crippen LogP contribution in [0.15, 0.2) is 23.5 Å². The second-order valence-electron chi connectivity index (χ2n) is 23.2. The van der Waals surface area contributed by atoms with E-state index in [1.807, 2.05) is 34.6 Å². The number of allylic oxidation sites excluding steroid dienone is 1. The summed E-state index contributed by atoms with van der Waals surface area (Å²) >= 11 is 0. The van der Waals surface area contributed by atoms with Gasteiger partial charge >= 0.3 is 11.9 Å². The standard InChI is InChI=1S/C49H76N4O6/c1-28(2)38-34(54)24-49(21-22-50-27-43(4,5)53-40(55)33-26-51-25-29(3)52-33)20-19-47(11)30(39(38)49)13-14-36-46(10)17-16-37(45(8,9)35(46)15-18-48(36,47)12)59-42(58)32-23-31(41(56)57)44(32,6)7/h25-26,28,30-32,34-37,50,54H,13-24,27H2,1-12H3,(H,53,55)(H,56,57)/t30-,31+,32-,34?,35+,36-,37+,46+,47-,48-,49-/m1/s1. The first-order valence-corrected chi connectivity index (χ1v) is 23.0. The van der Waals surface area contributed by atoms with Crippen LogP contribution < -0.4 is 10.6 Å². The summed E-state index contributed by atoms with van der Waals surface area (Å²) in [6, 6.07) is 0. The Morgan fingerprint density at radius 2 is 1.61 bits per heavy atom. The highest BCUT2D eigenvalue weighted by Crippen LogP contribution is 2.77.